The van der Waals surface area contributed by atoms with Gasteiger partial charge in [-0.1, -0.05) is 41.9 Å². The van der Waals surface area contributed by atoms with Crippen LogP contribution in [0, 0.1) is 0 Å². The fourth-order valence-electron chi connectivity index (χ4n) is 3.88. The maximum absolute atomic E-state index is 13.3. The Hall–Kier alpha value is -5.36. The van der Waals surface area contributed by atoms with Gasteiger partial charge in [0.1, 0.15) is 12.4 Å². The molecule has 12 nitrogen and oxygen atoms in total. The lowest BCUT2D eigenvalue weighted by Gasteiger charge is -2.18. The first-order valence-corrected chi connectivity index (χ1v) is 12.3. The number of aromatic amines is 1. The van der Waals surface area contributed by atoms with Crippen LogP contribution >= 0.6 is 11.6 Å². The molecule has 0 saturated carbocycles. The average Bonchev–Trinajstić information content (AvgIpc) is 3.65. The predicted octanol–water partition coefficient (Wildman–Crippen LogP) is 3.04. The van der Waals surface area contributed by atoms with Crippen LogP contribution in [0.1, 0.15) is 11.1 Å². The third-order valence-electron chi connectivity index (χ3n) is 5.78. The summed E-state index contributed by atoms with van der Waals surface area (Å²) < 4.78 is 6.04. The minimum atomic E-state index is -0.885. The van der Waals surface area contributed by atoms with E-state index in [2.05, 4.69) is 40.8 Å². The molecule has 2 aromatic heterocycles. The van der Waals surface area contributed by atoms with E-state index in [9.17, 15) is 14.4 Å². The molecule has 3 aromatic carbocycles. The van der Waals surface area contributed by atoms with Crippen molar-refractivity contribution in [3.63, 3.8) is 0 Å². The van der Waals surface area contributed by atoms with Gasteiger partial charge in [0.15, 0.2) is 5.82 Å². The van der Waals surface area contributed by atoms with Crippen molar-refractivity contribution in [1.29, 1.82) is 0 Å². The largest absolute Gasteiger partial charge is 0.460 e. The number of aromatic nitrogens is 6. The Kier molecular flexibility index (Phi) is 7.88. The van der Waals surface area contributed by atoms with E-state index in [1.54, 1.807) is 48.5 Å². The molecule has 0 radical (unpaired) electrons. The number of rotatable bonds is 9. The third-order valence-corrected chi connectivity index (χ3v) is 6.01. The van der Waals surface area contributed by atoms with Crippen molar-refractivity contribution in [2.75, 3.05) is 5.32 Å². The van der Waals surface area contributed by atoms with Gasteiger partial charge in [-0.25, -0.2) is 4.79 Å². The fraction of sp³-hybridized carbons (Fsp3) is 0.0741. The van der Waals surface area contributed by atoms with Gasteiger partial charge in [0.05, 0.1) is 5.69 Å². The zero-order valence-corrected chi connectivity index (χ0v) is 21.4. The molecule has 40 heavy (non-hydrogen) atoms. The lowest BCUT2D eigenvalue weighted by molar-refractivity contribution is -0.123. The standard InChI is InChI=1S/C27H21ClN8O4/c28-20-9-12-23(36-16-29-34-35-36)19(15-20)8-13-24(37)31-22(14-17-4-2-1-3-5-17)26(38)30-21-10-6-18(7-11-21)25-32-27(39)40-33-25/h1-13,15-16,22H,14H2,(H,30,38)(H,31,37)(H,32,33,39)/t22-/m0/s1. The zero-order chi connectivity index (χ0) is 27.9. The van der Waals surface area contributed by atoms with E-state index in [-0.39, 0.29) is 12.2 Å². The summed E-state index contributed by atoms with van der Waals surface area (Å²) >= 11 is 6.16. The van der Waals surface area contributed by atoms with E-state index in [4.69, 9.17) is 11.6 Å². The molecule has 0 saturated heterocycles. The van der Waals surface area contributed by atoms with Gasteiger partial charge in [-0.3, -0.25) is 9.59 Å². The first-order valence-electron chi connectivity index (χ1n) is 12.0. The second-order valence-corrected chi connectivity index (χ2v) is 8.98. The summed E-state index contributed by atoms with van der Waals surface area (Å²) in [5.41, 5.74) is 3.19. The summed E-state index contributed by atoms with van der Waals surface area (Å²) in [5, 5.41) is 19.7. The number of hydrogen-bond donors (Lipinski definition) is 3. The lowest BCUT2D eigenvalue weighted by Crippen LogP contribution is -2.44. The minimum Gasteiger partial charge on any atom is -0.340 e. The maximum Gasteiger partial charge on any atom is 0.460 e. The van der Waals surface area contributed by atoms with Crippen LogP contribution in [0.4, 0.5) is 5.69 Å². The number of anilines is 1. The number of halogens is 1. The van der Waals surface area contributed by atoms with Crippen LogP contribution in [-0.2, 0) is 16.0 Å². The number of carbonyl (C=O) groups excluding carboxylic acids is 2. The number of amides is 2. The highest BCUT2D eigenvalue weighted by Crippen LogP contribution is 2.21. The highest BCUT2D eigenvalue weighted by molar-refractivity contribution is 6.30. The van der Waals surface area contributed by atoms with E-state index in [0.717, 1.165) is 5.56 Å². The Morgan fingerprint density at radius 1 is 1.07 bits per heavy atom. The zero-order valence-electron chi connectivity index (χ0n) is 20.7. The summed E-state index contributed by atoms with van der Waals surface area (Å²) in [6.07, 6.45) is 4.58. The Bertz CT molecular complexity index is 1700. The normalized spacial score (nSPS) is 11.8. The first-order chi connectivity index (χ1) is 19.4. The Morgan fingerprint density at radius 3 is 2.58 bits per heavy atom. The van der Waals surface area contributed by atoms with Gasteiger partial charge in [0.25, 0.3) is 0 Å². The number of tetrazole rings is 1. The van der Waals surface area contributed by atoms with Crippen molar-refractivity contribution < 1.29 is 14.1 Å². The quantitative estimate of drug-likeness (QED) is 0.233. The Balaban J connectivity index is 1.32. The smallest absolute Gasteiger partial charge is 0.340 e. The monoisotopic (exact) mass is 556 g/mol. The highest BCUT2D eigenvalue weighted by atomic mass is 35.5. The molecule has 0 spiro atoms. The Morgan fingerprint density at radius 2 is 1.88 bits per heavy atom. The van der Waals surface area contributed by atoms with Crippen LogP contribution in [-0.4, -0.2) is 48.2 Å². The minimum absolute atomic E-state index is 0.261. The van der Waals surface area contributed by atoms with Crippen molar-refractivity contribution in [3.8, 4) is 17.1 Å². The second kappa shape index (κ2) is 12.0. The van der Waals surface area contributed by atoms with Crippen LogP contribution < -0.4 is 16.4 Å². The summed E-state index contributed by atoms with van der Waals surface area (Å²) in [4.78, 5) is 41.1. The maximum atomic E-state index is 13.3. The second-order valence-electron chi connectivity index (χ2n) is 8.54. The van der Waals surface area contributed by atoms with Crippen molar-refractivity contribution in [3.05, 3.63) is 112 Å². The highest BCUT2D eigenvalue weighted by Gasteiger charge is 2.21. The molecule has 200 valence electrons. The molecule has 13 heteroatoms. The molecule has 0 bridgehead atoms. The van der Waals surface area contributed by atoms with Gasteiger partial charge < -0.3 is 15.2 Å². The van der Waals surface area contributed by atoms with Crippen LogP contribution in [0.2, 0.25) is 5.02 Å². The molecular formula is C27H21ClN8O4. The van der Waals surface area contributed by atoms with E-state index >= 15 is 0 Å². The van der Waals surface area contributed by atoms with Gasteiger partial charge in [-0.05, 0) is 64.5 Å². The van der Waals surface area contributed by atoms with E-state index in [0.29, 0.717) is 27.5 Å². The van der Waals surface area contributed by atoms with E-state index in [1.807, 2.05) is 30.3 Å². The van der Waals surface area contributed by atoms with Crippen LogP contribution in [0.25, 0.3) is 23.2 Å². The molecule has 0 fully saturated rings. The number of hydrogen-bond acceptors (Lipinski definition) is 8. The average molecular weight is 557 g/mol. The topological polar surface area (TPSA) is 161 Å². The lowest BCUT2D eigenvalue weighted by atomic mass is 10.0. The number of benzene rings is 3. The van der Waals surface area contributed by atoms with Gasteiger partial charge in [0.2, 0.25) is 11.8 Å². The van der Waals surface area contributed by atoms with Gasteiger partial charge >= 0.3 is 5.76 Å². The molecule has 5 rings (SSSR count). The predicted molar refractivity (Wildman–Crippen MR) is 146 cm³/mol. The molecule has 2 amide bonds. The van der Waals surface area contributed by atoms with Crippen molar-refractivity contribution in [2.45, 2.75) is 12.5 Å². The molecule has 5 aromatic rings. The molecule has 3 N–H and O–H groups in total. The number of nitrogens with one attached hydrogen (secondary N) is 3. The number of H-pyrrole nitrogens is 1. The van der Waals surface area contributed by atoms with E-state index in [1.165, 1.54) is 17.1 Å². The van der Waals surface area contributed by atoms with Gasteiger partial charge in [-0.2, -0.15) is 14.8 Å². The van der Waals surface area contributed by atoms with Crippen LogP contribution in [0.3, 0.4) is 0 Å². The van der Waals surface area contributed by atoms with Crippen molar-refractivity contribution in [2.24, 2.45) is 0 Å². The van der Waals surface area contributed by atoms with Crippen molar-refractivity contribution in [1.82, 2.24) is 35.7 Å². The SMILES string of the molecule is O=C(C=Cc1cc(Cl)ccc1-n1cnnn1)N[C@@H](Cc1ccccc1)C(=O)Nc1ccc(-c2nc(=O)o[nH]2)cc1. The third kappa shape index (κ3) is 6.55. The molecule has 0 unspecified atom stereocenters. The summed E-state index contributed by atoms with van der Waals surface area (Å²) in [5.74, 6) is -1.36. The summed E-state index contributed by atoms with van der Waals surface area (Å²) in [7, 11) is 0. The van der Waals surface area contributed by atoms with Crippen LogP contribution in [0.15, 0.2) is 94.5 Å². The summed E-state index contributed by atoms with van der Waals surface area (Å²) in [6, 6.07) is 20.2. The summed E-state index contributed by atoms with van der Waals surface area (Å²) in [6.45, 7) is 0. The van der Waals surface area contributed by atoms with Gasteiger partial charge in [0, 0.05) is 34.3 Å². The van der Waals surface area contributed by atoms with Gasteiger partial charge in [-0.15, -0.1) is 5.10 Å². The molecule has 0 aliphatic heterocycles. The first kappa shape index (κ1) is 26.3. The fourth-order valence-corrected chi connectivity index (χ4v) is 4.06. The van der Waals surface area contributed by atoms with E-state index < -0.39 is 23.6 Å². The van der Waals surface area contributed by atoms with Crippen LogP contribution in [0.5, 0.6) is 0 Å². The molecule has 0 aliphatic carbocycles. The van der Waals surface area contributed by atoms with Crippen molar-refractivity contribution >= 4 is 35.2 Å². The Labute approximate surface area is 231 Å². The molecule has 2 heterocycles. The number of carbonyl (C=O) groups is 2. The molecule has 0 aliphatic rings. The molecular weight excluding hydrogens is 536 g/mol. The molecule has 1 atom stereocenters. The number of nitrogens with zero attached hydrogens (tertiary/aromatic N) is 5.